The molecule has 4 nitrogen and oxygen atoms in total. The van der Waals surface area contributed by atoms with Gasteiger partial charge in [0, 0.05) is 19.1 Å². The second-order valence-electron chi connectivity index (χ2n) is 7.24. The average molecular weight is 393 g/mol. The molecule has 0 atom stereocenters. The van der Waals surface area contributed by atoms with E-state index in [-0.39, 0.29) is 17.8 Å². The van der Waals surface area contributed by atoms with E-state index in [1.54, 1.807) is 0 Å². The quantitative estimate of drug-likeness (QED) is 0.669. The summed E-state index contributed by atoms with van der Waals surface area (Å²) >= 11 is 0. The molecule has 28 heavy (non-hydrogen) atoms. The van der Waals surface area contributed by atoms with Gasteiger partial charge < -0.3 is 0 Å². The van der Waals surface area contributed by atoms with Crippen LogP contribution in [0, 0.1) is 0 Å². The molecule has 5 heteroatoms. The Labute approximate surface area is 166 Å². The van der Waals surface area contributed by atoms with Gasteiger partial charge in [-0.25, -0.2) is 13.1 Å². The molecule has 0 unspecified atom stereocenters. The van der Waals surface area contributed by atoms with Crippen LogP contribution < -0.4 is 4.72 Å². The highest BCUT2D eigenvalue weighted by Gasteiger charge is 2.35. The van der Waals surface area contributed by atoms with Gasteiger partial charge in [-0.05, 0) is 16.7 Å². The minimum Gasteiger partial charge on any atom is -0.289 e. The molecule has 4 rings (SSSR count). The van der Waals surface area contributed by atoms with Crippen molar-refractivity contribution < 1.29 is 8.42 Å². The van der Waals surface area contributed by atoms with E-state index >= 15 is 0 Å². The molecule has 0 bridgehead atoms. The van der Waals surface area contributed by atoms with E-state index in [1.165, 1.54) is 11.1 Å². The molecule has 0 aliphatic carbocycles. The van der Waals surface area contributed by atoms with Crippen molar-refractivity contribution in [3.05, 3.63) is 108 Å². The fourth-order valence-electron chi connectivity index (χ4n) is 3.77. The number of sulfonamides is 1. The minimum absolute atomic E-state index is 0.0190. The Morgan fingerprint density at radius 1 is 0.786 bits per heavy atom. The van der Waals surface area contributed by atoms with Crippen LogP contribution in [0.15, 0.2) is 91.0 Å². The summed E-state index contributed by atoms with van der Waals surface area (Å²) in [4.78, 5) is 2.32. The molecule has 0 radical (unpaired) electrons. The molecule has 0 amide bonds. The molecule has 0 aromatic heterocycles. The minimum atomic E-state index is -3.35. The van der Waals surface area contributed by atoms with E-state index in [0.717, 1.165) is 5.56 Å². The van der Waals surface area contributed by atoms with Crippen LogP contribution in [-0.2, 0) is 15.8 Å². The first-order valence-corrected chi connectivity index (χ1v) is 11.1. The highest BCUT2D eigenvalue weighted by atomic mass is 32.2. The number of hydrogen-bond donors (Lipinski definition) is 1. The van der Waals surface area contributed by atoms with Crippen molar-refractivity contribution in [2.75, 3.05) is 13.1 Å². The average Bonchev–Trinajstić information content (AvgIpc) is 2.68. The van der Waals surface area contributed by atoms with E-state index in [2.05, 4.69) is 33.9 Å². The number of nitrogens with zero attached hydrogens (tertiary/aromatic N) is 1. The zero-order valence-corrected chi connectivity index (χ0v) is 16.4. The fraction of sp³-hybridized carbons (Fsp3) is 0.217. The first-order chi connectivity index (χ1) is 13.6. The van der Waals surface area contributed by atoms with Crippen LogP contribution in [0.2, 0.25) is 0 Å². The standard InChI is InChI=1S/C23H24N2O2S/c26-28(27,18-19-10-4-1-5-11-19)24-22-16-25(17-22)23(20-12-6-2-7-13-20)21-14-8-3-9-15-21/h1-15,22-24H,16-18H2. The zero-order chi connectivity index (χ0) is 19.4. The lowest BCUT2D eigenvalue weighted by Gasteiger charge is -2.44. The fourth-order valence-corrected chi connectivity index (χ4v) is 5.14. The van der Waals surface area contributed by atoms with E-state index < -0.39 is 10.0 Å². The summed E-state index contributed by atoms with van der Waals surface area (Å²) in [5.41, 5.74) is 3.25. The normalized spacial score (nSPS) is 15.5. The SMILES string of the molecule is O=S(=O)(Cc1ccccc1)NC1CN(C(c2ccccc2)c2ccccc2)C1. The summed E-state index contributed by atoms with van der Waals surface area (Å²) in [6.45, 7) is 1.39. The number of benzene rings is 3. The van der Waals surface area contributed by atoms with E-state index in [1.807, 2.05) is 66.7 Å². The van der Waals surface area contributed by atoms with Crippen LogP contribution in [-0.4, -0.2) is 32.4 Å². The van der Waals surface area contributed by atoms with Gasteiger partial charge in [0.25, 0.3) is 0 Å². The van der Waals surface area contributed by atoms with Gasteiger partial charge in [0.1, 0.15) is 0 Å². The highest BCUT2D eigenvalue weighted by Crippen LogP contribution is 2.32. The van der Waals surface area contributed by atoms with Crippen molar-refractivity contribution in [2.24, 2.45) is 0 Å². The molecule has 0 saturated carbocycles. The first-order valence-electron chi connectivity index (χ1n) is 9.48. The Balaban J connectivity index is 1.43. The Morgan fingerprint density at radius 3 is 1.75 bits per heavy atom. The maximum Gasteiger partial charge on any atom is 0.216 e. The van der Waals surface area contributed by atoms with Gasteiger partial charge >= 0.3 is 0 Å². The van der Waals surface area contributed by atoms with Crippen molar-refractivity contribution in [2.45, 2.75) is 17.8 Å². The summed E-state index contributed by atoms with van der Waals surface area (Å²) < 4.78 is 27.8. The number of hydrogen-bond acceptors (Lipinski definition) is 3. The van der Waals surface area contributed by atoms with Crippen molar-refractivity contribution in [1.82, 2.24) is 9.62 Å². The third kappa shape index (κ3) is 4.50. The van der Waals surface area contributed by atoms with Crippen LogP contribution in [0.25, 0.3) is 0 Å². The molecule has 1 saturated heterocycles. The van der Waals surface area contributed by atoms with Gasteiger partial charge in [-0.15, -0.1) is 0 Å². The van der Waals surface area contributed by atoms with Gasteiger partial charge in [0.15, 0.2) is 0 Å². The number of likely N-dealkylation sites (tertiary alicyclic amines) is 1. The van der Waals surface area contributed by atoms with Crippen molar-refractivity contribution in [1.29, 1.82) is 0 Å². The zero-order valence-electron chi connectivity index (χ0n) is 15.6. The predicted molar refractivity (Wildman–Crippen MR) is 112 cm³/mol. The molecular weight excluding hydrogens is 368 g/mol. The summed E-state index contributed by atoms with van der Waals surface area (Å²) in [6.07, 6.45) is 0. The third-order valence-electron chi connectivity index (χ3n) is 5.05. The van der Waals surface area contributed by atoms with Crippen molar-refractivity contribution in [3.8, 4) is 0 Å². The molecule has 1 heterocycles. The van der Waals surface area contributed by atoms with Gasteiger partial charge in [-0.1, -0.05) is 91.0 Å². The highest BCUT2D eigenvalue weighted by molar-refractivity contribution is 7.88. The third-order valence-corrected chi connectivity index (χ3v) is 6.46. The lowest BCUT2D eigenvalue weighted by molar-refractivity contribution is 0.105. The summed E-state index contributed by atoms with van der Waals surface area (Å²) in [6, 6.07) is 30.1. The molecule has 144 valence electrons. The van der Waals surface area contributed by atoms with Crippen LogP contribution in [0.5, 0.6) is 0 Å². The molecule has 1 fully saturated rings. The second-order valence-corrected chi connectivity index (χ2v) is 8.99. The van der Waals surface area contributed by atoms with E-state index in [0.29, 0.717) is 13.1 Å². The van der Waals surface area contributed by atoms with Gasteiger partial charge in [0.2, 0.25) is 10.0 Å². The monoisotopic (exact) mass is 392 g/mol. The molecule has 3 aromatic carbocycles. The Bertz CT molecular complexity index is 947. The van der Waals surface area contributed by atoms with E-state index in [4.69, 9.17) is 0 Å². The smallest absolute Gasteiger partial charge is 0.216 e. The predicted octanol–water partition coefficient (Wildman–Crippen LogP) is 3.58. The van der Waals surface area contributed by atoms with Crippen molar-refractivity contribution in [3.63, 3.8) is 0 Å². The summed E-state index contributed by atoms with van der Waals surface area (Å²) in [7, 11) is -3.35. The number of rotatable bonds is 7. The van der Waals surface area contributed by atoms with Gasteiger partial charge in [0.05, 0.1) is 11.8 Å². The van der Waals surface area contributed by atoms with Crippen LogP contribution in [0.4, 0.5) is 0 Å². The molecule has 1 aliphatic heterocycles. The molecule has 0 spiro atoms. The maximum atomic E-state index is 12.5. The maximum absolute atomic E-state index is 12.5. The molecular formula is C23H24N2O2S. The van der Waals surface area contributed by atoms with Crippen molar-refractivity contribution >= 4 is 10.0 Å². The second kappa shape index (κ2) is 8.27. The Hall–Kier alpha value is -2.47. The largest absolute Gasteiger partial charge is 0.289 e. The lowest BCUT2D eigenvalue weighted by Crippen LogP contribution is -2.60. The lowest BCUT2D eigenvalue weighted by atomic mass is 9.93. The molecule has 3 aromatic rings. The summed E-state index contributed by atoms with van der Waals surface area (Å²) in [5, 5.41) is 0. The van der Waals surface area contributed by atoms with Gasteiger partial charge in [-0.2, -0.15) is 0 Å². The van der Waals surface area contributed by atoms with E-state index in [9.17, 15) is 8.42 Å². The Kier molecular flexibility index (Phi) is 5.57. The van der Waals surface area contributed by atoms with Crippen LogP contribution >= 0.6 is 0 Å². The van der Waals surface area contributed by atoms with Gasteiger partial charge in [-0.3, -0.25) is 4.90 Å². The summed E-state index contributed by atoms with van der Waals surface area (Å²) in [5.74, 6) is 0.0190. The Morgan fingerprint density at radius 2 is 1.25 bits per heavy atom. The topological polar surface area (TPSA) is 49.4 Å². The van der Waals surface area contributed by atoms with Crippen LogP contribution in [0.1, 0.15) is 22.7 Å². The van der Waals surface area contributed by atoms with Crippen LogP contribution in [0.3, 0.4) is 0 Å². The molecule has 1 aliphatic rings. The molecule has 1 N–H and O–H groups in total. The number of nitrogens with one attached hydrogen (secondary N) is 1. The first kappa shape index (κ1) is 18.9.